The van der Waals surface area contributed by atoms with Gasteiger partial charge in [0.25, 0.3) is 5.91 Å². The number of thiazole rings is 1. The molecule has 3 N–H and O–H groups in total. The first-order chi connectivity index (χ1) is 15.0. The fraction of sp³-hybridized carbons (Fsp3) is 0.136. The number of hydrogen-bond donors (Lipinski definition) is 3. The monoisotopic (exact) mass is 432 g/mol. The number of fused-ring (bicyclic) bond motifs is 2. The SMILES string of the molecule is COc1ccc2cn(CC3(C#Cc4ccc5ncsc5c4)NC(=O)NC3=O)c(O)c2c1. The van der Waals surface area contributed by atoms with E-state index in [9.17, 15) is 14.7 Å². The van der Waals surface area contributed by atoms with Crippen LogP contribution in [0, 0.1) is 11.8 Å². The highest BCUT2D eigenvalue weighted by Gasteiger charge is 2.46. The molecule has 154 valence electrons. The normalized spacial score (nSPS) is 18.0. The molecule has 0 bridgehead atoms. The second-order valence-corrected chi connectivity index (χ2v) is 8.02. The Morgan fingerprint density at radius 1 is 1.26 bits per heavy atom. The number of amides is 3. The summed E-state index contributed by atoms with van der Waals surface area (Å²) >= 11 is 1.49. The highest BCUT2D eigenvalue weighted by molar-refractivity contribution is 7.16. The van der Waals surface area contributed by atoms with Crippen LogP contribution in [-0.2, 0) is 11.3 Å². The van der Waals surface area contributed by atoms with Gasteiger partial charge in [0.15, 0.2) is 5.88 Å². The van der Waals surface area contributed by atoms with Crippen molar-refractivity contribution in [2.75, 3.05) is 7.11 Å². The summed E-state index contributed by atoms with van der Waals surface area (Å²) in [5.74, 6) is 5.90. The van der Waals surface area contributed by atoms with E-state index in [1.807, 2.05) is 18.2 Å². The Morgan fingerprint density at radius 2 is 2.13 bits per heavy atom. The molecule has 1 atom stereocenters. The van der Waals surface area contributed by atoms with E-state index in [1.165, 1.54) is 15.9 Å². The van der Waals surface area contributed by atoms with E-state index >= 15 is 0 Å². The summed E-state index contributed by atoms with van der Waals surface area (Å²) in [6, 6.07) is 10.2. The summed E-state index contributed by atoms with van der Waals surface area (Å²) in [6.45, 7) is -0.0663. The van der Waals surface area contributed by atoms with Gasteiger partial charge in [-0.05, 0) is 36.4 Å². The predicted octanol–water partition coefficient (Wildman–Crippen LogP) is 2.60. The number of nitrogens with one attached hydrogen (secondary N) is 2. The molecule has 3 heterocycles. The molecule has 1 fully saturated rings. The molecule has 0 saturated carbocycles. The lowest BCUT2D eigenvalue weighted by Gasteiger charge is -2.20. The molecule has 4 aromatic rings. The molecule has 1 saturated heterocycles. The van der Waals surface area contributed by atoms with Crippen molar-refractivity contribution in [2.45, 2.75) is 12.1 Å². The van der Waals surface area contributed by atoms with Gasteiger partial charge in [0.2, 0.25) is 5.54 Å². The Balaban J connectivity index is 1.56. The summed E-state index contributed by atoms with van der Waals surface area (Å²) in [7, 11) is 1.54. The van der Waals surface area contributed by atoms with E-state index in [-0.39, 0.29) is 12.4 Å². The smallest absolute Gasteiger partial charge is 0.323 e. The highest BCUT2D eigenvalue weighted by Crippen LogP contribution is 2.32. The summed E-state index contributed by atoms with van der Waals surface area (Å²) < 4.78 is 7.69. The van der Waals surface area contributed by atoms with Crippen LogP contribution in [0.3, 0.4) is 0 Å². The molecule has 31 heavy (non-hydrogen) atoms. The summed E-state index contributed by atoms with van der Waals surface area (Å²) in [4.78, 5) is 28.9. The molecule has 1 aliphatic heterocycles. The Morgan fingerprint density at radius 3 is 2.90 bits per heavy atom. The molecular formula is C22H16N4O4S. The number of benzene rings is 2. The minimum atomic E-state index is -1.53. The fourth-order valence-corrected chi connectivity index (χ4v) is 4.29. The van der Waals surface area contributed by atoms with E-state index in [4.69, 9.17) is 4.74 Å². The van der Waals surface area contributed by atoms with Crippen molar-refractivity contribution in [1.82, 2.24) is 20.2 Å². The van der Waals surface area contributed by atoms with Gasteiger partial charge in [-0.25, -0.2) is 9.78 Å². The predicted molar refractivity (Wildman–Crippen MR) is 116 cm³/mol. The average molecular weight is 432 g/mol. The van der Waals surface area contributed by atoms with Gasteiger partial charge in [-0.3, -0.25) is 10.1 Å². The summed E-state index contributed by atoms with van der Waals surface area (Å²) in [5.41, 5.74) is 1.78. The fourth-order valence-electron chi connectivity index (χ4n) is 3.57. The minimum absolute atomic E-state index is 0.0462. The molecule has 2 aromatic carbocycles. The van der Waals surface area contributed by atoms with Crippen molar-refractivity contribution < 1.29 is 19.4 Å². The largest absolute Gasteiger partial charge is 0.497 e. The Kier molecular flexibility index (Phi) is 4.30. The molecular weight excluding hydrogens is 416 g/mol. The zero-order valence-electron chi connectivity index (χ0n) is 16.3. The molecule has 2 aromatic heterocycles. The molecule has 0 spiro atoms. The van der Waals surface area contributed by atoms with Crippen LogP contribution in [0.2, 0.25) is 0 Å². The molecule has 9 heteroatoms. The van der Waals surface area contributed by atoms with E-state index in [0.717, 1.165) is 15.6 Å². The number of rotatable bonds is 3. The van der Waals surface area contributed by atoms with Crippen LogP contribution in [0.15, 0.2) is 48.1 Å². The maximum atomic E-state index is 12.7. The molecule has 1 aliphatic rings. The van der Waals surface area contributed by atoms with Crippen molar-refractivity contribution in [3.05, 3.63) is 53.7 Å². The number of carbonyl (C=O) groups is 2. The van der Waals surface area contributed by atoms with Crippen molar-refractivity contribution in [2.24, 2.45) is 0 Å². The molecule has 5 rings (SSSR count). The standard InChI is InChI=1S/C22H16N4O4S/c1-30-15-4-3-14-10-26(19(27)16(14)9-15)11-22(20(28)24-21(29)25-22)7-6-13-2-5-17-18(8-13)31-12-23-17/h2-5,8-10,12,27H,11H2,1H3,(H2,24,25,28,29). The van der Waals surface area contributed by atoms with Crippen LogP contribution in [0.25, 0.3) is 21.0 Å². The molecule has 8 nitrogen and oxygen atoms in total. The number of hydrogen-bond acceptors (Lipinski definition) is 6. The van der Waals surface area contributed by atoms with Gasteiger partial charge in [0.1, 0.15) is 5.75 Å². The van der Waals surface area contributed by atoms with Crippen LogP contribution in [0.4, 0.5) is 4.79 Å². The second-order valence-electron chi connectivity index (χ2n) is 7.13. The van der Waals surface area contributed by atoms with Gasteiger partial charge in [-0.2, -0.15) is 0 Å². The first kappa shape index (κ1) is 19.0. The number of aromatic hydroxyl groups is 1. The third kappa shape index (κ3) is 3.23. The Bertz CT molecular complexity index is 1430. The number of ether oxygens (including phenoxy) is 1. The van der Waals surface area contributed by atoms with Gasteiger partial charge in [-0.1, -0.05) is 11.8 Å². The van der Waals surface area contributed by atoms with E-state index in [2.05, 4.69) is 27.5 Å². The van der Waals surface area contributed by atoms with Gasteiger partial charge in [-0.15, -0.1) is 11.3 Å². The number of aromatic nitrogens is 2. The second kappa shape index (κ2) is 7.04. The third-order valence-corrected chi connectivity index (χ3v) is 5.96. The quantitative estimate of drug-likeness (QED) is 0.341. The van der Waals surface area contributed by atoms with E-state index in [0.29, 0.717) is 16.7 Å². The van der Waals surface area contributed by atoms with Crippen molar-refractivity contribution in [3.63, 3.8) is 0 Å². The highest BCUT2D eigenvalue weighted by atomic mass is 32.1. The molecule has 0 aliphatic carbocycles. The lowest BCUT2D eigenvalue weighted by Crippen LogP contribution is -2.49. The number of imide groups is 1. The summed E-state index contributed by atoms with van der Waals surface area (Å²) in [5, 5.41) is 16.9. The van der Waals surface area contributed by atoms with E-state index < -0.39 is 17.5 Å². The van der Waals surface area contributed by atoms with Crippen LogP contribution in [0.1, 0.15) is 5.56 Å². The van der Waals surface area contributed by atoms with Gasteiger partial charge in [0, 0.05) is 22.5 Å². The van der Waals surface area contributed by atoms with Crippen LogP contribution in [0.5, 0.6) is 11.6 Å². The van der Waals surface area contributed by atoms with Crippen molar-refractivity contribution in [3.8, 4) is 23.5 Å². The maximum Gasteiger partial charge on any atom is 0.323 e. The van der Waals surface area contributed by atoms with Crippen LogP contribution in [-0.4, -0.2) is 39.2 Å². The maximum absolute atomic E-state index is 12.7. The average Bonchev–Trinajstić information content (AvgIpc) is 3.43. The Hall–Kier alpha value is -4.03. The number of urea groups is 1. The van der Waals surface area contributed by atoms with E-state index in [1.54, 1.807) is 37.0 Å². The van der Waals surface area contributed by atoms with Crippen LogP contribution < -0.4 is 15.4 Å². The molecule has 1 unspecified atom stereocenters. The first-order valence-electron chi connectivity index (χ1n) is 9.33. The van der Waals surface area contributed by atoms with Gasteiger partial charge in [0.05, 0.1) is 29.4 Å². The lowest BCUT2D eigenvalue weighted by atomic mass is 10.00. The number of carbonyl (C=O) groups excluding carboxylic acids is 2. The lowest BCUT2D eigenvalue weighted by molar-refractivity contribution is -0.122. The first-order valence-corrected chi connectivity index (χ1v) is 10.2. The number of nitrogens with zero attached hydrogens (tertiary/aromatic N) is 2. The zero-order valence-corrected chi connectivity index (χ0v) is 17.1. The van der Waals surface area contributed by atoms with Crippen molar-refractivity contribution in [1.29, 1.82) is 0 Å². The topological polar surface area (TPSA) is 105 Å². The van der Waals surface area contributed by atoms with Crippen molar-refractivity contribution >= 4 is 44.3 Å². The zero-order chi connectivity index (χ0) is 21.6. The molecule has 3 amide bonds. The molecule has 0 radical (unpaired) electrons. The number of methoxy groups -OCH3 is 1. The van der Waals surface area contributed by atoms with Gasteiger partial charge >= 0.3 is 6.03 Å². The summed E-state index contributed by atoms with van der Waals surface area (Å²) in [6.07, 6.45) is 1.70. The van der Waals surface area contributed by atoms with Gasteiger partial charge < -0.3 is 19.7 Å². The van der Waals surface area contributed by atoms with Crippen LogP contribution >= 0.6 is 11.3 Å². The minimum Gasteiger partial charge on any atom is -0.497 e. The Labute approximate surface area is 180 Å². The third-order valence-electron chi connectivity index (χ3n) is 5.17.